The number of halogens is 1. The fraction of sp³-hybridized carbons (Fsp3) is 0.400. The van der Waals surface area contributed by atoms with Gasteiger partial charge in [-0.2, -0.15) is 0 Å². The summed E-state index contributed by atoms with van der Waals surface area (Å²) >= 11 is 7.79. The normalized spacial score (nSPS) is 20.2. The number of nitrogens with zero attached hydrogens (tertiary/aromatic N) is 2. The van der Waals surface area contributed by atoms with E-state index in [0.29, 0.717) is 25.9 Å². The molecule has 0 atom stereocenters. The summed E-state index contributed by atoms with van der Waals surface area (Å²) in [5.74, 6) is -0.214. The van der Waals surface area contributed by atoms with Crippen LogP contribution >= 0.6 is 22.9 Å². The standard InChI is InChI=1S/C15H15ClN4O2S/c1-8-9(16)2-3-10-11(8)17-14(23-10)20-6-4-15(5-7-20)12(21)18-13(22)19-15/h2-3H,4-7H2,1H3,(H2,18,19,21,22). The van der Waals surface area contributed by atoms with Crippen LogP contribution in [0.25, 0.3) is 10.2 Å². The van der Waals surface area contributed by atoms with E-state index in [2.05, 4.69) is 15.5 Å². The summed E-state index contributed by atoms with van der Waals surface area (Å²) in [5.41, 5.74) is 1.18. The van der Waals surface area contributed by atoms with Gasteiger partial charge in [0.05, 0.1) is 10.2 Å². The zero-order chi connectivity index (χ0) is 16.2. The van der Waals surface area contributed by atoms with Gasteiger partial charge in [0.15, 0.2) is 5.13 Å². The molecule has 0 bridgehead atoms. The number of aromatic nitrogens is 1. The van der Waals surface area contributed by atoms with E-state index in [9.17, 15) is 9.59 Å². The van der Waals surface area contributed by atoms with Crippen molar-refractivity contribution in [3.05, 3.63) is 22.7 Å². The number of nitrogens with one attached hydrogen (secondary N) is 2. The highest BCUT2D eigenvalue weighted by Crippen LogP contribution is 2.36. The number of amides is 3. The zero-order valence-corrected chi connectivity index (χ0v) is 14.1. The molecule has 2 saturated heterocycles. The topological polar surface area (TPSA) is 74.3 Å². The van der Waals surface area contributed by atoms with E-state index >= 15 is 0 Å². The Morgan fingerprint density at radius 1 is 1.30 bits per heavy atom. The molecule has 6 nitrogen and oxygen atoms in total. The van der Waals surface area contributed by atoms with Gasteiger partial charge in [0.1, 0.15) is 5.54 Å². The molecule has 3 amide bonds. The zero-order valence-electron chi connectivity index (χ0n) is 12.5. The minimum Gasteiger partial charge on any atom is -0.348 e. The lowest BCUT2D eigenvalue weighted by molar-refractivity contribution is -0.124. The van der Waals surface area contributed by atoms with Crippen LogP contribution in [0.3, 0.4) is 0 Å². The lowest BCUT2D eigenvalue weighted by Gasteiger charge is -2.36. The number of fused-ring (bicyclic) bond motifs is 1. The highest BCUT2D eigenvalue weighted by Gasteiger charge is 2.48. The predicted octanol–water partition coefficient (Wildman–Crippen LogP) is 2.44. The number of thiazole rings is 1. The molecular weight excluding hydrogens is 336 g/mol. The van der Waals surface area contributed by atoms with Gasteiger partial charge in [-0.1, -0.05) is 22.9 Å². The van der Waals surface area contributed by atoms with Crippen LogP contribution in [-0.2, 0) is 4.79 Å². The lowest BCUT2D eigenvalue weighted by atomic mass is 9.88. The number of aryl methyl sites for hydroxylation is 1. The summed E-state index contributed by atoms with van der Waals surface area (Å²) < 4.78 is 1.11. The molecule has 1 aromatic heterocycles. The van der Waals surface area contributed by atoms with Crippen molar-refractivity contribution in [3.63, 3.8) is 0 Å². The largest absolute Gasteiger partial charge is 0.348 e. The van der Waals surface area contributed by atoms with Crippen LogP contribution in [0.1, 0.15) is 18.4 Å². The maximum Gasteiger partial charge on any atom is 0.322 e. The van der Waals surface area contributed by atoms with Gasteiger partial charge in [-0.25, -0.2) is 9.78 Å². The Hall–Kier alpha value is -1.86. The molecule has 23 heavy (non-hydrogen) atoms. The fourth-order valence-electron chi connectivity index (χ4n) is 3.18. The van der Waals surface area contributed by atoms with Gasteiger partial charge in [0, 0.05) is 18.1 Å². The van der Waals surface area contributed by atoms with Crippen molar-refractivity contribution in [1.82, 2.24) is 15.6 Å². The number of hydrogen-bond donors (Lipinski definition) is 2. The van der Waals surface area contributed by atoms with Crippen molar-refractivity contribution >= 4 is 50.2 Å². The lowest BCUT2D eigenvalue weighted by Crippen LogP contribution is -2.54. The molecule has 0 radical (unpaired) electrons. The van der Waals surface area contributed by atoms with Crippen LogP contribution in [0, 0.1) is 6.92 Å². The quantitative estimate of drug-likeness (QED) is 0.775. The van der Waals surface area contributed by atoms with E-state index in [1.54, 1.807) is 11.3 Å². The summed E-state index contributed by atoms with van der Waals surface area (Å²) in [7, 11) is 0. The Balaban J connectivity index is 1.58. The summed E-state index contributed by atoms with van der Waals surface area (Å²) in [4.78, 5) is 30.3. The number of carbonyl (C=O) groups is 2. The van der Waals surface area contributed by atoms with Crippen molar-refractivity contribution in [3.8, 4) is 0 Å². The van der Waals surface area contributed by atoms with Crippen molar-refractivity contribution in [2.45, 2.75) is 25.3 Å². The maximum atomic E-state index is 12.0. The number of piperidine rings is 1. The number of hydrogen-bond acceptors (Lipinski definition) is 5. The Morgan fingerprint density at radius 2 is 2.04 bits per heavy atom. The Kier molecular flexibility index (Phi) is 3.24. The van der Waals surface area contributed by atoms with Gasteiger partial charge in [0.2, 0.25) is 0 Å². The third kappa shape index (κ3) is 2.26. The first kappa shape index (κ1) is 14.7. The van der Waals surface area contributed by atoms with Gasteiger partial charge < -0.3 is 10.2 Å². The molecule has 4 rings (SSSR count). The molecule has 1 spiro atoms. The Bertz CT molecular complexity index is 826. The number of imide groups is 1. The molecule has 2 aliphatic rings. The maximum absolute atomic E-state index is 12.0. The molecule has 0 saturated carbocycles. The molecule has 0 aliphatic carbocycles. The van der Waals surface area contributed by atoms with Gasteiger partial charge in [-0.15, -0.1) is 0 Å². The number of carbonyl (C=O) groups excluding carboxylic acids is 2. The predicted molar refractivity (Wildman–Crippen MR) is 90.2 cm³/mol. The SMILES string of the molecule is Cc1c(Cl)ccc2sc(N3CCC4(CC3)NC(=O)NC4=O)nc12. The van der Waals surface area contributed by atoms with E-state index in [0.717, 1.165) is 25.9 Å². The third-order valence-corrected chi connectivity index (χ3v) is 6.13. The molecule has 3 heterocycles. The molecule has 8 heteroatoms. The van der Waals surface area contributed by atoms with Gasteiger partial charge in [-0.05, 0) is 37.5 Å². The second-order valence-electron chi connectivity index (χ2n) is 5.99. The van der Waals surface area contributed by atoms with Crippen LogP contribution in [0.15, 0.2) is 12.1 Å². The summed E-state index contributed by atoms with van der Waals surface area (Å²) in [5, 5.41) is 6.76. The highest BCUT2D eigenvalue weighted by atomic mass is 35.5. The number of rotatable bonds is 1. The van der Waals surface area contributed by atoms with E-state index in [-0.39, 0.29) is 5.91 Å². The van der Waals surface area contributed by atoms with Crippen LogP contribution < -0.4 is 15.5 Å². The highest BCUT2D eigenvalue weighted by molar-refractivity contribution is 7.22. The van der Waals surface area contributed by atoms with Crippen molar-refractivity contribution in [1.29, 1.82) is 0 Å². The average molecular weight is 351 g/mol. The van der Waals surface area contributed by atoms with E-state index in [4.69, 9.17) is 16.6 Å². The Labute approximate surface area is 141 Å². The first-order chi connectivity index (χ1) is 11.0. The third-order valence-electron chi connectivity index (χ3n) is 4.64. The number of anilines is 1. The molecule has 2 N–H and O–H groups in total. The minimum atomic E-state index is -0.747. The molecule has 120 valence electrons. The minimum absolute atomic E-state index is 0.214. The second kappa shape index (κ2) is 5.07. The molecule has 2 fully saturated rings. The van der Waals surface area contributed by atoms with Crippen LogP contribution in [-0.4, -0.2) is 35.6 Å². The number of urea groups is 1. The fourth-order valence-corrected chi connectivity index (χ4v) is 4.41. The van der Waals surface area contributed by atoms with Gasteiger partial charge in [-0.3, -0.25) is 10.1 Å². The van der Waals surface area contributed by atoms with E-state index in [1.807, 2.05) is 19.1 Å². The second-order valence-corrected chi connectivity index (χ2v) is 7.41. The monoisotopic (exact) mass is 350 g/mol. The summed E-state index contributed by atoms with van der Waals surface area (Å²) in [6, 6.07) is 3.49. The van der Waals surface area contributed by atoms with E-state index in [1.165, 1.54) is 0 Å². The molecule has 2 aliphatic heterocycles. The van der Waals surface area contributed by atoms with Gasteiger partial charge in [0.25, 0.3) is 5.91 Å². The molecular formula is C15H15ClN4O2S. The molecule has 1 aromatic carbocycles. The van der Waals surface area contributed by atoms with Gasteiger partial charge >= 0.3 is 6.03 Å². The molecule has 0 unspecified atom stereocenters. The van der Waals surface area contributed by atoms with Crippen LogP contribution in [0.4, 0.5) is 9.93 Å². The molecule has 2 aromatic rings. The van der Waals surface area contributed by atoms with Crippen molar-refractivity contribution in [2.24, 2.45) is 0 Å². The average Bonchev–Trinajstić information content (AvgIpc) is 3.07. The summed E-state index contributed by atoms with van der Waals surface area (Å²) in [6.07, 6.45) is 1.17. The van der Waals surface area contributed by atoms with E-state index < -0.39 is 11.6 Å². The Morgan fingerprint density at radius 3 is 2.70 bits per heavy atom. The first-order valence-electron chi connectivity index (χ1n) is 7.43. The number of benzene rings is 1. The van der Waals surface area contributed by atoms with Crippen molar-refractivity contribution < 1.29 is 9.59 Å². The summed E-state index contributed by atoms with van der Waals surface area (Å²) in [6.45, 7) is 3.33. The van der Waals surface area contributed by atoms with Crippen LogP contribution in [0.2, 0.25) is 5.02 Å². The first-order valence-corrected chi connectivity index (χ1v) is 8.62. The van der Waals surface area contributed by atoms with Crippen molar-refractivity contribution in [2.75, 3.05) is 18.0 Å². The smallest absolute Gasteiger partial charge is 0.322 e. The van der Waals surface area contributed by atoms with Crippen LogP contribution in [0.5, 0.6) is 0 Å².